The minimum Gasteiger partial charge on any atom is -0.328 e. The maximum absolute atomic E-state index is 5.94. The topological polar surface area (TPSA) is 29.3 Å². The standard InChI is InChI=1S/C10H24N2/c1-9(2)5-6-10(11)7-8-12(3)4/h9-10H,5-8,11H2,1-4H3. The van der Waals surface area contributed by atoms with E-state index in [1.807, 2.05) is 0 Å². The lowest BCUT2D eigenvalue weighted by Crippen LogP contribution is -2.26. The third-order valence-corrected chi connectivity index (χ3v) is 2.06. The first-order chi connectivity index (χ1) is 5.52. The zero-order valence-corrected chi connectivity index (χ0v) is 9.01. The van der Waals surface area contributed by atoms with Gasteiger partial charge in [0.15, 0.2) is 0 Å². The maximum atomic E-state index is 5.94. The number of rotatable bonds is 6. The third-order valence-electron chi connectivity index (χ3n) is 2.06. The molecule has 0 radical (unpaired) electrons. The number of nitrogens with zero attached hydrogens (tertiary/aromatic N) is 1. The van der Waals surface area contributed by atoms with Crippen molar-refractivity contribution in [2.45, 2.75) is 39.2 Å². The lowest BCUT2D eigenvalue weighted by molar-refractivity contribution is 0.366. The first-order valence-electron chi connectivity index (χ1n) is 4.92. The minimum atomic E-state index is 0.398. The molecule has 74 valence electrons. The highest BCUT2D eigenvalue weighted by Gasteiger charge is 2.04. The highest BCUT2D eigenvalue weighted by molar-refractivity contribution is 4.63. The molecule has 0 aromatic heterocycles. The molecule has 0 saturated heterocycles. The van der Waals surface area contributed by atoms with Crippen molar-refractivity contribution in [3.8, 4) is 0 Å². The highest BCUT2D eigenvalue weighted by Crippen LogP contribution is 2.07. The number of hydrogen-bond acceptors (Lipinski definition) is 2. The smallest absolute Gasteiger partial charge is 0.00510 e. The van der Waals surface area contributed by atoms with E-state index < -0.39 is 0 Å². The summed E-state index contributed by atoms with van der Waals surface area (Å²) in [4.78, 5) is 2.19. The molecule has 0 rings (SSSR count). The fourth-order valence-corrected chi connectivity index (χ4v) is 1.12. The zero-order valence-electron chi connectivity index (χ0n) is 9.01. The Hall–Kier alpha value is -0.0800. The Morgan fingerprint density at radius 2 is 1.67 bits per heavy atom. The molecule has 2 N–H and O–H groups in total. The van der Waals surface area contributed by atoms with Gasteiger partial charge in [0.25, 0.3) is 0 Å². The molecule has 0 bridgehead atoms. The van der Waals surface area contributed by atoms with Gasteiger partial charge in [0.1, 0.15) is 0 Å². The Kier molecular flexibility index (Phi) is 6.39. The van der Waals surface area contributed by atoms with Crippen LogP contribution in [0.4, 0.5) is 0 Å². The van der Waals surface area contributed by atoms with Crippen molar-refractivity contribution in [1.82, 2.24) is 4.90 Å². The van der Waals surface area contributed by atoms with Crippen molar-refractivity contribution in [1.29, 1.82) is 0 Å². The van der Waals surface area contributed by atoms with E-state index in [9.17, 15) is 0 Å². The summed E-state index contributed by atoms with van der Waals surface area (Å²) in [6.45, 7) is 5.61. The first-order valence-corrected chi connectivity index (χ1v) is 4.92. The minimum absolute atomic E-state index is 0.398. The SMILES string of the molecule is CC(C)CCC(N)CCN(C)C. The van der Waals surface area contributed by atoms with Gasteiger partial charge in [0.05, 0.1) is 0 Å². The van der Waals surface area contributed by atoms with Crippen LogP contribution in [0.15, 0.2) is 0 Å². The predicted octanol–water partition coefficient (Wildman–Crippen LogP) is 1.70. The average molecular weight is 172 g/mol. The molecule has 0 aliphatic heterocycles. The molecule has 0 saturated carbocycles. The van der Waals surface area contributed by atoms with Gasteiger partial charge in [0, 0.05) is 6.04 Å². The second-order valence-corrected chi connectivity index (χ2v) is 4.32. The van der Waals surface area contributed by atoms with Crippen LogP contribution < -0.4 is 5.73 Å². The Balaban J connectivity index is 3.27. The van der Waals surface area contributed by atoms with Gasteiger partial charge in [0.2, 0.25) is 0 Å². The molecule has 0 aromatic carbocycles. The summed E-state index contributed by atoms with van der Waals surface area (Å²) in [5.74, 6) is 0.787. The summed E-state index contributed by atoms with van der Waals surface area (Å²) in [6.07, 6.45) is 3.56. The fourth-order valence-electron chi connectivity index (χ4n) is 1.12. The molecule has 0 spiro atoms. The van der Waals surface area contributed by atoms with Crippen LogP contribution in [0, 0.1) is 5.92 Å². The van der Waals surface area contributed by atoms with Crippen LogP contribution in [-0.2, 0) is 0 Å². The summed E-state index contributed by atoms with van der Waals surface area (Å²) in [7, 11) is 4.18. The van der Waals surface area contributed by atoms with Gasteiger partial charge < -0.3 is 10.6 Å². The van der Waals surface area contributed by atoms with Gasteiger partial charge in [-0.3, -0.25) is 0 Å². The van der Waals surface area contributed by atoms with Crippen LogP contribution in [0.5, 0.6) is 0 Å². The van der Waals surface area contributed by atoms with Crippen molar-refractivity contribution in [3.05, 3.63) is 0 Å². The average Bonchev–Trinajstić information content (AvgIpc) is 1.96. The van der Waals surface area contributed by atoms with E-state index in [2.05, 4.69) is 32.8 Å². The Labute approximate surface area is 77.1 Å². The van der Waals surface area contributed by atoms with E-state index >= 15 is 0 Å². The van der Waals surface area contributed by atoms with E-state index in [4.69, 9.17) is 5.73 Å². The molecule has 1 unspecified atom stereocenters. The van der Waals surface area contributed by atoms with Crippen molar-refractivity contribution in [3.63, 3.8) is 0 Å². The normalized spacial score (nSPS) is 14.2. The van der Waals surface area contributed by atoms with Crippen LogP contribution >= 0.6 is 0 Å². The number of nitrogens with two attached hydrogens (primary N) is 1. The van der Waals surface area contributed by atoms with Crippen LogP contribution in [0.2, 0.25) is 0 Å². The summed E-state index contributed by atoms with van der Waals surface area (Å²) < 4.78 is 0. The summed E-state index contributed by atoms with van der Waals surface area (Å²) in [6, 6.07) is 0.398. The van der Waals surface area contributed by atoms with Crippen molar-refractivity contribution >= 4 is 0 Å². The summed E-state index contributed by atoms with van der Waals surface area (Å²) in [5, 5.41) is 0. The van der Waals surface area contributed by atoms with Gasteiger partial charge in [-0.05, 0) is 45.8 Å². The second-order valence-electron chi connectivity index (χ2n) is 4.32. The molecule has 0 aromatic rings. The van der Waals surface area contributed by atoms with Crippen LogP contribution in [0.3, 0.4) is 0 Å². The second kappa shape index (κ2) is 6.44. The molecule has 2 heteroatoms. The van der Waals surface area contributed by atoms with Gasteiger partial charge >= 0.3 is 0 Å². The van der Waals surface area contributed by atoms with E-state index in [0.717, 1.165) is 18.9 Å². The van der Waals surface area contributed by atoms with Gasteiger partial charge in [-0.2, -0.15) is 0 Å². The van der Waals surface area contributed by atoms with E-state index in [-0.39, 0.29) is 0 Å². The predicted molar refractivity (Wildman–Crippen MR) is 55.2 cm³/mol. The quantitative estimate of drug-likeness (QED) is 0.661. The molecule has 0 fully saturated rings. The molecule has 0 aliphatic carbocycles. The molecule has 0 aliphatic rings. The molecular formula is C10H24N2. The molecule has 0 heterocycles. The summed E-state index contributed by atoms with van der Waals surface area (Å²) in [5.41, 5.74) is 5.94. The first kappa shape index (κ1) is 11.9. The van der Waals surface area contributed by atoms with E-state index in [1.165, 1.54) is 12.8 Å². The van der Waals surface area contributed by atoms with Gasteiger partial charge in [-0.25, -0.2) is 0 Å². The zero-order chi connectivity index (χ0) is 9.56. The van der Waals surface area contributed by atoms with Crippen molar-refractivity contribution in [2.24, 2.45) is 11.7 Å². The Morgan fingerprint density at radius 1 is 1.08 bits per heavy atom. The third kappa shape index (κ3) is 8.02. The molecule has 1 atom stereocenters. The van der Waals surface area contributed by atoms with Crippen LogP contribution in [-0.4, -0.2) is 31.6 Å². The summed E-state index contributed by atoms with van der Waals surface area (Å²) >= 11 is 0. The Bertz CT molecular complexity index is 88.0. The maximum Gasteiger partial charge on any atom is 0.00510 e. The highest BCUT2D eigenvalue weighted by atomic mass is 15.0. The molecule has 0 amide bonds. The fraction of sp³-hybridized carbons (Fsp3) is 1.00. The van der Waals surface area contributed by atoms with E-state index in [1.54, 1.807) is 0 Å². The van der Waals surface area contributed by atoms with Gasteiger partial charge in [-0.1, -0.05) is 13.8 Å². The van der Waals surface area contributed by atoms with Crippen molar-refractivity contribution in [2.75, 3.05) is 20.6 Å². The van der Waals surface area contributed by atoms with Crippen LogP contribution in [0.25, 0.3) is 0 Å². The Morgan fingerprint density at radius 3 is 2.08 bits per heavy atom. The van der Waals surface area contributed by atoms with Gasteiger partial charge in [-0.15, -0.1) is 0 Å². The molecular weight excluding hydrogens is 148 g/mol. The molecule has 2 nitrogen and oxygen atoms in total. The van der Waals surface area contributed by atoms with E-state index in [0.29, 0.717) is 6.04 Å². The monoisotopic (exact) mass is 172 g/mol. The number of hydrogen-bond donors (Lipinski definition) is 1. The van der Waals surface area contributed by atoms with Crippen LogP contribution in [0.1, 0.15) is 33.1 Å². The van der Waals surface area contributed by atoms with Crippen molar-refractivity contribution < 1.29 is 0 Å². The largest absolute Gasteiger partial charge is 0.328 e. The molecule has 12 heavy (non-hydrogen) atoms. The lowest BCUT2D eigenvalue weighted by atomic mass is 10.0. The lowest BCUT2D eigenvalue weighted by Gasteiger charge is -2.15.